The molecule has 0 aliphatic carbocycles. The first-order chi connectivity index (χ1) is 10.5. The summed E-state index contributed by atoms with van der Waals surface area (Å²) in [5.41, 5.74) is 5.31. The molecule has 1 N–H and O–H groups in total. The Labute approximate surface area is 134 Å². The van der Waals surface area contributed by atoms with Crippen molar-refractivity contribution in [2.45, 2.75) is 33.6 Å². The SMILES string of the molecule is CC(C)(C)Cc1ccccc1/C(=C/CCO)c1ccccc1. The van der Waals surface area contributed by atoms with Gasteiger partial charge in [0.05, 0.1) is 0 Å². The topological polar surface area (TPSA) is 20.2 Å². The van der Waals surface area contributed by atoms with Crippen LogP contribution in [0, 0.1) is 5.41 Å². The molecular weight excluding hydrogens is 268 g/mol. The van der Waals surface area contributed by atoms with E-state index in [2.05, 4.69) is 75.4 Å². The van der Waals surface area contributed by atoms with E-state index in [-0.39, 0.29) is 12.0 Å². The summed E-state index contributed by atoms with van der Waals surface area (Å²) in [6, 6.07) is 19.1. The Kier molecular flexibility index (Phi) is 5.57. The zero-order valence-corrected chi connectivity index (χ0v) is 13.8. The molecule has 1 nitrogen and oxygen atoms in total. The molecule has 22 heavy (non-hydrogen) atoms. The molecule has 0 aromatic heterocycles. The van der Waals surface area contributed by atoms with Crippen LogP contribution in [0.5, 0.6) is 0 Å². The molecule has 0 unspecified atom stereocenters. The maximum absolute atomic E-state index is 9.22. The summed E-state index contributed by atoms with van der Waals surface area (Å²) in [5, 5.41) is 9.22. The first-order valence-electron chi connectivity index (χ1n) is 7.96. The van der Waals surface area contributed by atoms with E-state index < -0.39 is 0 Å². The van der Waals surface area contributed by atoms with E-state index in [1.165, 1.54) is 22.3 Å². The number of aliphatic hydroxyl groups excluding tert-OH is 1. The summed E-state index contributed by atoms with van der Waals surface area (Å²) >= 11 is 0. The van der Waals surface area contributed by atoms with E-state index in [1.807, 2.05) is 6.07 Å². The first kappa shape index (κ1) is 16.5. The Morgan fingerprint density at radius 3 is 2.23 bits per heavy atom. The fourth-order valence-electron chi connectivity index (χ4n) is 2.72. The number of hydrogen-bond donors (Lipinski definition) is 1. The van der Waals surface area contributed by atoms with Crippen molar-refractivity contribution in [1.82, 2.24) is 0 Å². The Hall–Kier alpha value is -1.86. The molecule has 0 spiro atoms. The summed E-state index contributed by atoms with van der Waals surface area (Å²) in [7, 11) is 0. The van der Waals surface area contributed by atoms with Gasteiger partial charge in [0.2, 0.25) is 0 Å². The molecular formula is C21H26O. The van der Waals surface area contributed by atoms with Crippen LogP contribution in [0.25, 0.3) is 5.57 Å². The maximum atomic E-state index is 9.22. The summed E-state index contributed by atoms with van der Waals surface area (Å²) in [5.74, 6) is 0. The van der Waals surface area contributed by atoms with E-state index in [1.54, 1.807) is 0 Å². The van der Waals surface area contributed by atoms with Gasteiger partial charge in [-0.25, -0.2) is 0 Å². The Bertz CT molecular complexity index is 618. The lowest BCUT2D eigenvalue weighted by Crippen LogP contribution is -2.11. The third-order valence-electron chi connectivity index (χ3n) is 3.59. The van der Waals surface area contributed by atoms with Crippen LogP contribution in [0.3, 0.4) is 0 Å². The van der Waals surface area contributed by atoms with Crippen LogP contribution in [0.1, 0.15) is 43.9 Å². The highest BCUT2D eigenvalue weighted by atomic mass is 16.2. The first-order valence-corrected chi connectivity index (χ1v) is 7.96. The molecule has 0 saturated carbocycles. The Morgan fingerprint density at radius 2 is 1.59 bits per heavy atom. The van der Waals surface area contributed by atoms with E-state index in [0.29, 0.717) is 6.42 Å². The highest BCUT2D eigenvalue weighted by Crippen LogP contribution is 2.30. The second kappa shape index (κ2) is 7.42. The van der Waals surface area contributed by atoms with E-state index in [4.69, 9.17) is 0 Å². The van der Waals surface area contributed by atoms with Gasteiger partial charge < -0.3 is 5.11 Å². The largest absolute Gasteiger partial charge is 0.396 e. The molecule has 0 bridgehead atoms. The van der Waals surface area contributed by atoms with Gasteiger partial charge in [-0.2, -0.15) is 0 Å². The molecule has 2 aromatic carbocycles. The van der Waals surface area contributed by atoms with Crippen LogP contribution < -0.4 is 0 Å². The second-order valence-electron chi connectivity index (χ2n) is 6.89. The normalized spacial score (nSPS) is 12.5. The lowest BCUT2D eigenvalue weighted by atomic mass is 9.83. The minimum Gasteiger partial charge on any atom is -0.396 e. The van der Waals surface area contributed by atoms with Crippen molar-refractivity contribution in [1.29, 1.82) is 0 Å². The van der Waals surface area contributed by atoms with Gasteiger partial charge in [-0.1, -0.05) is 81.4 Å². The maximum Gasteiger partial charge on any atom is 0.0465 e. The van der Waals surface area contributed by atoms with Crippen LogP contribution in [0.15, 0.2) is 60.7 Å². The summed E-state index contributed by atoms with van der Waals surface area (Å²) in [6.07, 6.45) is 3.86. The monoisotopic (exact) mass is 294 g/mol. The lowest BCUT2D eigenvalue weighted by molar-refractivity contribution is 0.303. The van der Waals surface area contributed by atoms with Crippen LogP contribution in [-0.4, -0.2) is 11.7 Å². The number of hydrogen-bond acceptors (Lipinski definition) is 1. The van der Waals surface area contributed by atoms with Gasteiger partial charge in [-0.15, -0.1) is 0 Å². The number of aliphatic hydroxyl groups is 1. The molecule has 0 amide bonds. The zero-order valence-electron chi connectivity index (χ0n) is 13.8. The van der Waals surface area contributed by atoms with Gasteiger partial charge in [-0.05, 0) is 40.5 Å². The van der Waals surface area contributed by atoms with Gasteiger partial charge in [0.1, 0.15) is 0 Å². The van der Waals surface area contributed by atoms with Gasteiger partial charge in [0.25, 0.3) is 0 Å². The number of benzene rings is 2. The molecule has 0 atom stereocenters. The smallest absolute Gasteiger partial charge is 0.0465 e. The summed E-state index contributed by atoms with van der Waals surface area (Å²) < 4.78 is 0. The average molecular weight is 294 g/mol. The van der Waals surface area contributed by atoms with Crippen molar-refractivity contribution in [3.05, 3.63) is 77.4 Å². The second-order valence-corrected chi connectivity index (χ2v) is 6.89. The van der Waals surface area contributed by atoms with Crippen LogP contribution >= 0.6 is 0 Å². The van der Waals surface area contributed by atoms with Gasteiger partial charge in [0, 0.05) is 6.61 Å². The molecule has 0 radical (unpaired) electrons. The fraction of sp³-hybridized carbons (Fsp3) is 0.333. The minimum absolute atomic E-state index is 0.178. The third kappa shape index (κ3) is 4.57. The van der Waals surface area contributed by atoms with E-state index in [0.717, 1.165) is 6.42 Å². The number of rotatable bonds is 5. The van der Waals surface area contributed by atoms with Crippen LogP contribution in [0.4, 0.5) is 0 Å². The van der Waals surface area contributed by atoms with E-state index >= 15 is 0 Å². The quantitative estimate of drug-likeness (QED) is 0.814. The van der Waals surface area contributed by atoms with Crippen molar-refractivity contribution in [2.75, 3.05) is 6.61 Å². The predicted octanol–water partition coefficient (Wildman–Crippen LogP) is 5.09. The van der Waals surface area contributed by atoms with Gasteiger partial charge in [-0.3, -0.25) is 0 Å². The van der Waals surface area contributed by atoms with Crippen molar-refractivity contribution in [3.8, 4) is 0 Å². The van der Waals surface area contributed by atoms with Gasteiger partial charge >= 0.3 is 0 Å². The van der Waals surface area contributed by atoms with Crippen molar-refractivity contribution in [2.24, 2.45) is 5.41 Å². The molecule has 0 saturated heterocycles. The summed E-state index contributed by atoms with van der Waals surface area (Å²) in [6.45, 7) is 6.98. The molecule has 2 rings (SSSR count). The molecule has 0 heterocycles. The summed E-state index contributed by atoms with van der Waals surface area (Å²) in [4.78, 5) is 0. The molecule has 0 aliphatic rings. The molecule has 0 fully saturated rings. The third-order valence-corrected chi connectivity index (χ3v) is 3.59. The highest BCUT2D eigenvalue weighted by Gasteiger charge is 2.16. The highest BCUT2D eigenvalue weighted by molar-refractivity contribution is 5.81. The van der Waals surface area contributed by atoms with Gasteiger partial charge in [0.15, 0.2) is 0 Å². The van der Waals surface area contributed by atoms with Crippen molar-refractivity contribution in [3.63, 3.8) is 0 Å². The zero-order chi connectivity index (χ0) is 16.0. The Balaban J connectivity index is 2.49. The molecule has 1 heteroatoms. The molecule has 0 aliphatic heterocycles. The predicted molar refractivity (Wildman–Crippen MR) is 94.8 cm³/mol. The van der Waals surface area contributed by atoms with Crippen molar-refractivity contribution >= 4 is 5.57 Å². The lowest BCUT2D eigenvalue weighted by Gasteiger charge is -2.22. The Morgan fingerprint density at radius 1 is 0.955 bits per heavy atom. The molecule has 116 valence electrons. The molecule has 2 aromatic rings. The van der Waals surface area contributed by atoms with Crippen LogP contribution in [-0.2, 0) is 6.42 Å². The van der Waals surface area contributed by atoms with E-state index in [9.17, 15) is 5.11 Å². The fourth-order valence-corrected chi connectivity index (χ4v) is 2.72. The van der Waals surface area contributed by atoms with Crippen molar-refractivity contribution < 1.29 is 5.11 Å². The minimum atomic E-state index is 0.178. The van der Waals surface area contributed by atoms with Crippen LogP contribution in [0.2, 0.25) is 0 Å². The average Bonchev–Trinajstić information content (AvgIpc) is 2.49. The standard InChI is InChI=1S/C21H26O/c1-21(2,3)16-18-12-7-8-13-20(18)19(14-9-15-22)17-10-5-4-6-11-17/h4-8,10-14,22H,9,15-16H2,1-3H3/b19-14+.